The highest BCUT2D eigenvalue weighted by Gasteiger charge is 2.27. The molecule has 3 aromatic carbocycles. The minimum absolute atomic E-state index is 0.0979. The number of amides is 1. The molecule has 0 spiro atoms. The number of aromatic hydroxyl groups is 1. The van der Waals surface area contributed by atoms with E-state index < -0.39 is 6.04 Å². The fourth-order valence-corrected chi connectivity index (χ4v) is 5.98. The quantitative estimate of drug-likeness (QED) is 0.307. The number of carbonyl (C=O) groups excluding carboxylic acids is 1. The maximum atomic E-state index is 13.4. The van der Waals surface area contributed by atoms with Gasteiger partial charge in [0.2, 0.25) is 5.91 Å². The summed E-state index contributed by atoms with van der Waals surface area (Å²) in [7, 11) is 0. The summed E-state index contributed by atoms with van der Waals surface area (Å²) < 4.78 is 0. The number of phenols is 1. The Bertz CT molecular complexity index is 1280. The van der Waals surface area contributed by atoms with Crippen LogP contribution in [0.5, 0.6) is 5.75 Å². The third-order valence-corrected chi connectivity index (χ3v) is 8.03. The van der Waals surface area contributed by atoms with Gasteiger partial charge in [0.05, 0.1) is 12.1 Å². The van der Waals surface area contributed by atoms with Crippen LogP contribution in [0.2, 0.25) is 0 Å². The van der Waals surface area contributed by atoms with Gasteiger partial charge in [-0.3, -0.25) is 9.69 Å². The van der Waals surface area contributed by atoms with E-state index in [0.29, 0.717) is 6.42 Å². The molecule has 206 valence electrons. The summed E-state index contributed by atoms with van der Waals surface area (Å²) in [6.07, 6.45) is 2.09. The van der Waals surface area contributed by atoms with Crippen LogP contribution in [0.1, 0.15) is 51.4 Å². The number of nitrogens with one attached hydrogen (secondary N) is 3. The van der Waals surface area contributed by atoms with Crippen LogP contribution in [-0.2, 0) is 24.2 Å². The lowest BCUT2D eigenvalue weighted by Gasteiger charge is -2.33. The Hall–Kier alpha value is -3.39. The molecular formula is C32H41N5O2. The molecule has 0 aliphatic carbocycles. The van der Waals surface area contributed by atoms with Crippen molar-refractivity contribution >= 4 is 11.6 Å². The number of phenolic OH excluding ortho intramolecular Hbond substituents is 1. The van der Waals surface area contributed by atoms with E-state index in [2.05, 4.69) is 57.2 Å². The molecule has 7 nitrogen and oxygen atoms in total. The first-order chi connectivity index (χ1) is 18.9. The third kappa shape index (κ3) is 6.61. The lowest BCUT2D eigenvalue weighted by Crippen LogP contribution is -2.45. The molecular weight excluding hydrogens is 486 g/mol. The first-order valence-corrected chi connectivity index (χ1v) is 14.1. The molecule has 1 amide bonds. The van der Waals surface area contributed by atoms with Gasteiger partial charge >= 0.3 is 0 Å². The average molecular weight is 528 g/mol. The predicted molar refractivity (Wildman–Crippen MR) is 157 cm³/mol. The number of hydrogen-bond donors (Lipinski definition) is 5. The summed E-state index contributed by atoms with van der Waals surface area (Å²) in [6, 6.07) is 17.8. The Morgan fingerprint density at radius 3 is 2.49 bits per heavy atom. The van der Waals surface area contributed by atoms with Crippen molar-refractivity contribution in [2.24, 2.45) is 5.73 Å². The summed E-state index contributed by atoms with van der Waals surface area (Å²) in [6.45, 7) is 9.67. The second-order valence-electron chi connectivity index (χ2n) is 11.1. The number of carbonyl (C=O) groups is 1. The van der Waals surface area contributed by atoms with E-state index in [1.807, 2.05) is 19.9 Å². The van der Waals surface area contributed by atoms with Crippen molar-refractivity contribution in [1.82, 2.24) is 15.5 Å². The van der Waals surface area contributed by atoms with Gasteiger partial charge in [-0.15, -0.1) is 0 Å². The largest absolute Gasteiger partial charge is 0.508 e. The smallest absolute Gasteiger partial charge is 0.237 e. The minimum Gasteiger partial charge on any atom is -0.508 e. The summed E-state index contributed by atoms with van der Waals surface area (Å²) in [4.78, 5) is 15.9. The van der Waals surface area contributed by atoms with Gasteiger partial charge in [0.25, 0.3) is 0 Å². The number of anilines is 1. The molecule has 2 aliphatic heterocycles. The highest BCUT2D eigenvalue weighted by Crippen LogP contribution is 2.35. The Balaban J connectivity index is 1.39. The molecule has 3 aromatic rings. The first-order valence-electron chi connectivity index (χ1n) is 14.1. The fraction of sp³-hybridized carbons (Fsp3) is 0.406. The Morgan fingerprint density at radius 2 is 1.77 bits per heavy atom. The van der Waals surface area contributed by atoms with E-state index in [0.717, 1.165) is 80.1 Å². The van der Waals surface area contributed by atoms with Gasteiger partial charge in [-0.1, -0.05) is 42.5 Å². The van der Waals surface area contributed by atoms with Gasteiger partial charge in [0.1, 0.15) is 5.75 Å². The van der Waals surface area contributed by atoms with Crippen LogP contribution in [0.4, 0.5) is 5.69 Å². The lowest BCUT2D eigenvalue weighted by molar-refractivity contribution is -0.123. The van der Waals surface area contributed by atoms with Crippen molar-refractivity contribution in [2.45, 2.75) is 51.7 Å². The maximum absolute atomic E-state index is 13.4. The zero-order valence-corrected chi connectivity index (χ0v) is 23.1. The third-order valence-electron chi connectivity index (χ3n) is 8.03. The SMILES string of the molecule is Cc1cc(O)cc(C)c1C[C@H](N)C(=O)N[C@@H]1CCNc2c(CN3CCNCC3)cc(Cc3ccccc3)cc21. The second kappa shape index (κ2) is 12.2. The molecule has 0 unspecified atom stereocenters. The predicted octanol–water partition coefficient (Wildman–Crippen LogP) is 3.55. The summed E-state index contributed by atoms with van der Waals surface area (Å²) in [5.74, 6) is 0.0952. The number of hydrogen-bond acceptors (Lipinski definition) is 6. The molecule has 0 saturated carbocycles. The molecule has 6 N–H and O–H groups in total. The molecule has 39 heavy (non-hydrogen) atoms. The van der Waals surface area contributed by atoms with Crippen LogP contribution < -0.4 is 21.7 Å². The monoisotopic (exact) mass is 527 g/mol. The standard InChI is InChI=1S/C32H41N5O2/c1-21-14-26(38)15-22(2)27(21)19-29(33)32(39)36-30-8-9-35-31-25(20-37-12-10-34-11-13-37)17-24(18-28(30)31)16-23-6-4-3-5-7-23/h3-7,14-15,17-18,29-30,34-35,38H,8-13,16,19-20,33H2,1-2H3,(H,36,39)/t29-,30+/m0/s1. The van der Waals surface area contributed by atoms with Crippen LogP contribution in [0.15, 0.2) is 54.6 Å². The van der Waals surface area contributed by atoms with E-state index in [1.54, 1.807) is 12.1 Å². The molecule has 0 bridgehead atoms. The molecule has 0 radical (unpaired) electrons. The number of rotatable bonds is 8. The number of benzene rings is 3. The zero-order chi connectivity index (χ0) is 27.4. The number of nitrogens with two attached hydrogens (primary N) is 1. The van der Waals surface area contributed by atoms with Crippen molar-refractivity contribution in [2.75, 3.05) is 38.0 Å². The van der Waals surface area contributed by atoms with Crippen LogP contribution in [0, 0.1) is 13.8 Å². The number of nitrogens with zero attached hydrogens (tertiary/aromatic N) is 1. The van der Waals surface area contributed by atoms with Crippen molar-refractivity contribution in [1.29, 1.82) is 0 Å². The van der Waals surface area contributed by atoms with Gasteiger partial charge in [-0.25, -0.2) is 0 Å². The van der Waals surface area contributed by atoms with Gasteiger partial charge < -0.3 is 26.8 Å². The highest BCUT2D eigenvalue weighted by atomic mass is 16.3. The lowest BCUT2D eigenvalue weighted by atomic mass is 9.90. The van der Waals surface area contributed by atoms with Crippen LogP contribution in [0.25, 0.3) is 0 Å². The highest BCUT2D eigenvalue weighted by molar-refractivity contribution is 5.83. The van der Waals surface area contributed by atoms with Gasteiger partial charge in [0.15, 0.2) is 0 Å². The van der Waals surface area contributed by atoms with E-state index >= 15 is 0 Å². The van der Waals surface area contributed by atoms with Gasteiger partial charge in [-0.2, -0.15) is 0 Å². The summed E-state index contributed by atoms with van der Waals surface area (Å²) in [5.41, 5.74) is 15.5. The molecule has 0 aromatic heterocycles. The molecule has 2 atom stereocenters. The van der Waals surface area contributed by atoms with E-state index in [1.165, 1.54) is 16.7 Å². The minimum atomic E-state index is -0.668. The van der Waals surface area contributed by atoms with E-state index in [9.17, 15) is 9.90 Å². The normalized spacial score (nSPS) is 18.2. The zero-order valence-electron chi connectivity index (χ0n) is 23.1. The molecule has 2 heterocycles. The number of aryl methyl sites for hydroxylation is 2. The molecule has 1 fully saturated rings. The Kier molecular flexibility index (Phi) is 8.50. The molecule has 1 saturated heterocycles. The summed E-state index contributed by atoms with van der Waals surface area (Å²) in [5, 5.41) is 20.3. The van der Waals surface area contributed by atoms with Crippen molar-refractivity contribution in [3.63, 3.8) is 0 Å². The molecule has 5 rings (SSSR count). The number of piperazine rings is 1. The van der Waals surface area contributed by atoms with Crippen LogP contribution in [-0.4, -0.2) is 54.7 Å². The van der Waals surface area contributed by atoms with Crippen molar-refractivity contribution in [3.05, 3.63) is 93.5 Å². The number of fused-ring (bicyclic) bond motifs is 1. The molecule has 2 aliphatic rings. The van der Waals surface area contributed by atoms with E-state index in [-0.39, 0.29) is 17.7 Å². The van der Waals surface area contributed by atoms with Gasteiger partial charge in [-0.05, 0) is 84.2 Å². The van der Waals surface area contributed by atoms with Crippen molar-refractivity contribution < 1.29 is 9.90 Å². The van der Waals surface area contributed by atoms with Crippen molar-refractivity contribution in [3.8, 4) is 5.75 Å². The Labute approximate surface area is 231 Å². The first kappa shape index (κ1) is 27.2. The summed E-state index contributed by atoms with van der Waals surface area (Å²) >= 11 is 0. The Morgan fingerprint density at radius 1 is 1.05 bits per heavy atom. The fourth-order valence-electron chi connectivity index (χ4n) is 5.98. The second-order valence-corrected chi connectivity index (χ2v) is 11.1. The van der Waals surface area contributed by atoms with E-state index in [4.69, 9.17) is 5.73 Å². The van der Waals surface area contributed by atoms with Crippen LogP contribution >= 0.6 is 0 Å². The van der Waals surface area contributed by atoms with Gasteiger partial charge in [0, 0.05) is 45.0 Å². The topological polar surface area (TPSA) is 103 Å². The molecule has 7 heteroatoms. The van der Waals surface area contributed by atoms with Crippen LogP contribution in [0.3, 0.4) is 0 Å². The maximum Gasteiger partial charge on any atom is 0.237 e. The average Bonchev–Trinajstić information content (AvgIpc) is 2.92.